The third kappa shape index (κ3) is 3.62. The van der Waals surface area contributed by atoms with Crippen molar-refractivity contribution in [2.24, 2.45) is 0 Å². The third-order valence-electron chi connectivity index (χ3n) is 3.63. The summed E-state index contributed by atoms with van der Waals surface area (Å²) in [4.78, 5) is 51.4. The number of piperazine rings is 1. The molecule has 9 nitrogen and oxygen atoms in total. The van der Waals surface area contributed by atoms with Gasteiger partial charge in [-0.15, -0.1) is 0 Å². The van der Waals surface area contributed by atoms with Crippen molar-refractivity contribution in [1.82, 2.24) is 24.8 Å². The maximum absolute atomic E-state index is 12.3. The zero-order valence-corrected chi connectivity index (χ0v) is 12.4. The van der Waals surface area contributed by atoms with Gasteiger partial charge >= 0.3 is 5.69 Å². The second-order valence-electron chi connectivity index (χ2n) is 5.21. The van der Waals surface area contributed by atoms with E-state index in [0.29, 0.717) is 37.8 Å². The predicted molar refractivity (Wildman–Crippen MR) is 82.2 cm³/mol. The first-order chi connectivity index (χ1) is 11.1. The van der Waals surface area contributed by atoms with Gasteiger partial charge in [-0.05, 0) is 6.07 Å². The zero-order valence-electron chi connectivity index (χ0n) is 12.4. The molecule has 0 aliphatic carbocycles. The van der Waals surface area contributed by atoms with Gasteiger partial charge in [-0.25, -0.2) is 14.8 Å². The highest BCUT2D eigenvalue weighted by molar-refractivity contribution is 5.78. The van der Waals surface area contributed by atoms with Gasteiger partial charge in [0.25, 0.3) is 5.56 Å². The van der Waals surface area contributed by atoms with E-state index >= 15 is 0 Å². The number of amides is 1. The summed E-state index contributed by atoms with van der Waals surface area (Å²) < 4.78 is 0. The number of anilines is 1. The van der Waals surface area contributed by atoms with Gasteiger partial charge in [0, 0.05) is 50.3 Å². The molecular weight excluding hydrogens is 300 g/mol. The minimum Gasteiger partial charge on any atom is -0.339 e. The smallest absolute Gasteiger partial charge is 0.325 e. The zero-order chi connectivity index (χ0) is 16.2. The number of carbonyl (C=O) groups excluding carboxylic acids is 1. The highest BCUT2D eigenvalue weighted by atomic mass is 16.2. The van der Waals surface area contributed by atoms with Gasteiger partial charge in [0.15, 0.2) is 0 Å². The molecule has 0 radical (unpaired) electrons. The van der Waals surface area contributed by atoms with Gasteiger partial charge in [-0.3, -0.25) is 14.6 Å². The molecule has 2 aromatic rings. The molecule has 1 amide bonds. The Balaban J connectivity index is 1.60. The topological polar surface area (TPSA) is 115 Å². The third-order valence-corrected chi connectivity index (χ3v) is 3.63. The van der Waals surface area contributed by atoms with E-state index in [1.807, 2.05) is 4.90 Å². The summed E-state index contributed by atoms with van der Waals surface area (Å²) >= 11 is 0. The van der Waals surface area contributed by atoms with Crippen LogP contribution in [-0.2, 0) is 11.2 Å². The molecule has 23 heavy (non-hydrogen) atoms. The van der Waals surface area contributed by atoms with E-state index in [-0.39, 0.29) is 12.3 Å². The van der Waals surface area contributed by atoms with Crippen molar-refractivity contribution in [2.75, 3.05) is 31.1 Å². The lowest BCUT2D eigenvalue weighted by Gasteiger charge is -2.34. The SMILES string of the molecule is O=C(Cc1cc(=O)[nH]c(=O)[nH]1)N1CCN(c2ncccn2)CC1. The fourth-order valence-corrected chi connectivity index (χ4v) is 2.50. The van der Waals surface area contributed by atoms with Crippen LogP contribution in [-0.4, -0.2) is 56.9 Å². The Morgan fingerprint density at radius 1 is 1.09 bits per heavy atom. The quantitative estimate of drug-likeness (QED) is 0.731. The van der Waals surface area contributed by atoms with Gasteiger partial charge in [-0.2, -0.15) is 0 Å². The van der Waals surface area contributed by atoms with E-state index < -0.39 is 11.2 Å². The molecule has 0 atom stereocenters. The van der Waals surface area contributed by atoms with Crippen LogP contribution in [0.2, 0.25) is 0 Å². The van der Waals surface area contributed by atoms with Gasteiger partial charge < -0.3 is 14.8 Å². The van der Waals surface area contributed by atoms with Crippen molar-refractivity contribution < 1.29 is 4.79 Å². The molecule has 0 saturated carbocycles. The molecule has 1 aliphatic heterocycles. The molecule has 0 spiro atoms. The number of hydrogen-bond acceptors (Lipinski definition) is 6. The molecule has 9 heteroatoms. The van der Waals surface area contributed by atoms with Crippen LogP contribution in [0.3, 0.4) is 0 Å². The van der Waals surface area contributed by atoms with Crippen molar-refractivity contribution in [3.8, 4) is 0 Å². The Morgan fingerprint density at radius 3 is 2.43 bits per heavy atom. The molecule has 120 valence electrons. The Morgan fingerprint density at radius 2 is 1.78 bits per heavy atom. The lowest BCUT2D eigenvalue weighted by Crippen LogP contribution is -2.49. The molecule has 3 heterocycles. The number of aromatic nitrogens is 4. The fraction of sp³-hybridized carbons (Fsp3) is 0.357. The summed E-state index contributed by atoms with van der Waals surface area (Å²) in [5.74, 6) is 0.526. The van der Waals surface area contributed by atoms with Crippen molar-refractivity contribution in [3.63, 3.8) is 0 Å². The Bertz CT molecular complexity index is 764. The van der Waals surface area contributed by atoms with Crippen LogP contribution in [0.25, 0.3) is 0 Å². The van der Waals surface area contributed by atoms with Crippen LogP contribution < -0.4 is 16.1 Å². The first kappa shape index (κ1) is 14.9. The van der Waals surface area contributed by atoms with E-state index in [0.717, 1.165) is 0 Å². The molecule has 2 aromatic heterocycles. The second kappa shape index (κ2) is 6.42. The summed E-state index contributed by atoms with van der Waals surface area (Å²) in [5.41, 5.74) is -0.800. The summed E-state index contributed by atoms with van der Waals surface area (Å²) in [6.45, 7) is 2.37. The maximum Gasteiger partial charge on any atom is 0.325 e. The normalized spacial score (nSPS) is 14.8. The van der Waals surface area contributed by atoms with Gasteiger partial charge in [-0.1, -0.05) is 0 Å². The average Bonchev–Trinajstić information content (AvgIpc) is 2.55. The van der Waals surface area contributed by atoms with Crippen LogP contribution in [0.15, 0.2) is 34.1 Å². The number of nitrogens with zero attached hydrogens (tertiary/aromatic N) is 4. The predicted octanol–water partition coefficient (Wildman–Crippen LogP) is -1.26. The standard InChI is InChI=1S/C14H16N6O3/c21-11-8-10(17-14(23)18-11)9-12(22)19-4-6-20(7-5-19)13-15-2-1-3-16-13/h1-3,8H,4-7,9H2,(H2,17,18,21,23). The highest BCUT2D eigenvalue weighted by Gasteiger charge is 2.22. The molecule has 2 N–H and O–H groups in total. The molecule has 0 aromatic carbocycles. The molecular formula is C14H16N6O3. The van der Waals surface area contributed by atoms with Crippen molar-refractivity contribution >= 4 is 11.9 Å². The van der Waals surface area contributed by atoms with Crippen LogP contribution in [0.4, 0.5) is 5.95 Å². The Hall–Kier alpha value is -2.97. The average molecular weight is 316 g/mol. The minimum atomic E-state index is -0.605. The van der Waals surface area contributed by atoms with E-state index in [9.17, 15) is 14.4 Å². The molecule has 0 bridgehead atoms. The molecule has 1 aliphatic rings. The molecule has 1 saturated heterocycles. The van der Waals surface area contributed by atoms with Crippen molar-refractivity contribution in [3.05, 3.63) is 51.1 Å². The van der Waals surface area contributed by atoms with Crippen LogP contribution in [0.5, 0.6) is 0 Å². The van der Waals surface area contributed by atoms with Gasteiger partial charge in [0.1, 0.15) is 0 Å². The summed E-state index contributed by atoms with van der Waals surface area (Å²) in [6.07, 6.45) is 3.37. The fourth-order valence-electron chi connectivity index (χ4n) is 2.50. The second-order valence-corrected chi connectivity index (χ2v) is 5.21. The first-order valence-electron chi connectivity index (χ1n) is 7.24. The number of carbonyl (C=O) groups is 1. The number of aromatic amines is 2. The highest BCUT2D eigenvalue weighted by Crippen LogP contribution is 2.10. The van der Waals surface area contributed by atoms with Gasteiger partial charge in [0.05, 0.1) is 6.42 Å². The largest absolute Gasteiger partial charge is 0.339 e. The molecule has 1 fully saturated rings. The molecule has 0 unspecified atom stereocenters. The molecule has 3 rings (SSSR count). The van der Waals surface area contributed by atoms with E-state index in [1.165, 1.54) is 6.07 Å². The van der Waals surface area contributed by atoms with Crippen molar-refractivity contribution in [1.29, 1.82) is 0 Å². The lowest BCUT2D eigenvalue weighted by atomic mass is 10.2. The Kier molecular flexibility index (Phi) is 4.18. The monoisotopic (exact) mass is 316 g/mol. The summed E-state index contributed by atoms with van der Waals surface area (Å²) in [5, 5.41) is 0. The van der Waals surface area contributed by atoms with E-state index in [4.69, 9.17) is 0 Å². The maximum atomic E-state index is 12.3. The van der Waals surface area contributed by atoms with Crippen LogP contribution in [0.1, 0.15) is 5.69 Å². The summed E-state index contributed by atoms with van der Waals surface area (Å²) in [7, 11) is 0. The van der Waals surface area contributed by atoms with Crippen molar-refractivity contribution in [2.45, 2.75) is 6.42 Å². The van der Waals surface area contributed by atoms with Crippen LogP contribution >= 0.6 is 0 Å². The first-order valence-corrected chi connectivity index (χ1v) is 7.24. The minimum absolute atomic E-state index is 0.000989. The number of rotatable bonds is 3. The Labute approximate surface area is 131 Å². The van der Waals surface area contributed by atoms with E-state index in [1.54, 1.807) is 23.4 Å². The number of hydrogen-bond donors (Lipinski definition) is 2. The summed E-state index contributed by atoms with van der Waals surface area (Å²) in [6, 6.07) is 2.99. The van der Waals surface area contributed by atoms with Crippen LogP contribution in [0, 0.1) is 0 Å². The van der Waals surface area contributed by atoms with E-state index in [2.05, 4.69) is 19.9 Å². The lowest BCUT2D eigenvalue weighted by molar-refractivity contribution is -0.130. The van der Waals surface area contributed by atoms with Gasteiger partial charge in [0.2, 0.25) is 11.9 Å². The number of H-pyrrole nitrogens is 2. The number of nitrogens with one attached hydrogen (secondary N) is 2.